The molecule has 0 unspecified atom stereocenters. The zero-order chi connectivity index (χ0) is 14.9. The molecule has 1 aromatic heterocycles. The van der Waals surface area contributed by atoms with Crippen LogP contribution in [0.3, 0.4) is 0 Å². The molecule has 0 spiro atoms. The minimum absolute atomic E-state index is 0.0790. The first-order valence-electron chi connectivity index (χ1n) is 5.66. The Kier molecular flexibility index (Phi) is 3.56. The standard InChI is InChI=1S/C12H11F3N2O3/c1-20-11(19)10-8-3-2-7(18)6-9(8)17(16-10)5-4-12(13,14)15/h2-3,6,18H,4-5H2,1H3. The van der Waals surface area contributed by atoms with Crippen molar-refractivity contribution in [3.8, 4) is 5.75 Å². The van der Waals surface area contributed by atoms with Crippen molar-refractivity contribution in [1.29, 1.82) is 0 Å². The van der Waals surface area contributed by atoms with E-state index in [1.165, 1.54) is 18.2 Å². The number of alkyl halides is 3. The van der Waals surface area contributed by atoms with E-state index in [0.717, 1.165) is 11.8 Å². The van der Waals surface area contributed by atoms with Crippen LogP contribution in [0.2, 0.25) is 0 Å². The predicted molar refractivity (Wildman–Crippen MR) is 63.4 cm³/mol. The molecule has 0 fully saturated rings. The Balaban J connectivity index is 2.48. The smallest absolute Gasteiger partial charge is 0.390 e. The lowest BCUT2D eigenvalue weighted by molar-refractivity contribution is -0.137. The number of aryl methyl sites for hydroxylation is 1. The summed E-state index contributed by atoms with van der Waals surface area (Å²) < 4.78 is 42.4. The Labute approximate surface area is 111 Å². The van der Waals surface area contributed by atoms with Gasteiger partial charge in [-0.1, -0.05) is 0 Å². The summed E-state index contributed by atoms with van der Waals surface area (Å²) in [5.74, 6) is -0.867. The highest BCUT2D eigenvalue weighted by atomic mass is 19.4. The number of aromatic nitrogens is 2. The Morgan fingerprint density at radius 1 is 1.45 bits per heavy atom. The van der Waals surface area contributed by atoms with Gasteiger partial charge in [0.1, 0.15) is 5.75 Å². The van der Waals surface area contributed by atoms with Crippen molar-refractivity contribution in [2.45, 2.75) is 19.1 Å². The van der Waals surface area contributed by atoms with Crippen LogP contribution in [0.25, 0.3) is 10.9 Å². The summed E-state index contributed by atoms with van der Waals surface area (Å²) in [7, 11) is 1.16. The molecule has 0 atom stereocenters. The first-order chi connectivity index (χ1) is 9.31. The fraction of sp³-hybridized carbons (Fsp3) is 0.333. The van der Waals surface area contributed by atoms with E-state index in [4.69, 9.17) is 0 Å². The van der Waals surface area contributed by atoms with Gasteiger partial charge in [-0.2, -0.15) is 18.3 Å². The van der Waals surface area contributed by atoms with Crippen molar-refractivity contribution >= 4 is 16.9 Å². The molecule has 0 aliphatic carbocycles. The van der Waals surface area contributed by atoms with Crippen LogP contribution in [0, 0.1) is 0 Å². The highest BCUT2D eigenvalue weighted by Crippen LogP contribution is 2.26. The van der Waals surface area contributed by atoms with E-state index in [0.29, 0.717) is 5.39 Å². The zero-order valence-electron chi connectivity index (χ0n) is 10.4. The monoisotopic (exact) mass is 288 g/mol. The van der Waals surface area contributed by atoms with Crippen LogP contribution in [0.1, 0.15) is 16.9 Å². The first-order valence-corrected chi connectivity index (χ1v) is 5.66. The van der Waals surface area contributed by atoms with Gasteiger partial charge in [0.2, 0.25) is 0 Å². The molecule has 2 rings (SSSR count). The van der Waals surface area contributed by atoms with E-state index >= 15 is 0 Å². The summed E-state index contributed by atoms with van der Waals surface area (Å²) >= 11 is 0. The fourth-order valence-electron chi connectivity index (χ4n) is 1.81. The van der Waals surface area contributed by atoms with Crippen LogP contribution in [-0.4, -0.2) is 34.1 Å². The average Bonchev–Trinajstić information content (AvgIpc) is 2.72. The number of rotatable bonds is 3. The minimum atomic E-state index is -4.33. The van der Waals surface area contributed by atoms with Gasteiger partial charge >= 0.3 is 12.1 Å². The molecule has 0 amide bonds. The molecule has 0 saturated heterocycles. The summed E-state index contributed by atoms with van der Waals surface area (Å²) in [6.45, 7) is -0.444. The van der Waals surface area contributed by atoms with Gasteiger partial charge in [0.25, 0.3) is 0 Å². The van der Waals surface area contributed by atoms with Gasteiger partial charge in [-0.3, -0.25) is 4.68 Å². The van der Waals surface area contributed by atoms with Crippen molar-refractivity contribution in [2.75, 3.05) is 7.11 Å². The highest BCUT2D eigenvalue weighted by Gasteiger charge is 2.28. The average molecular weight is 288 g/mol. The molecule has 0 aliphatic rings. The summed E-state index contributed by atoms with van der Waals surface area (Å²) in [4.78, 5) is 11.5. The number of ether oxygens (including phenoxy) is 1. The van der Waals surface area contributed by atoms with Gasteiger partial charge in [0, 0.05) is 11.5 Å². The predicted octanol–water partition coefficient (Wildman–Crippen LogP) is 2.48. The molecular formula is C12H11F3N2O3. The molecule has 8 heteroatoms. The maximum absolute atomic E-state index is 12.3. The van der Waals surface area contributed by atoms with Crippen LogP contribution in [-0.2, 0) is 11.3 Å². The molecular weight excluding hydrogens is 277 g/mol. The molecule has 1 N–H and O–H groups in total. The lowest BCUT2D eigenvalue weighted by Gasteiger charge is -2.07. The number of benzene rings is 1. The van der Waals surface area contributed by atoms with Gasteiger partial charge in [0.05, 0.1) is 25.6 Å². The van der Waals surface area contributed by atoms with Crippen molar-refractivity contribution in [2.24, 2.45) is 0 Å². The number of phenolic OH excluding ortho intramolecular Hbond substituents is 1. The Bertz CT molecular complexity index is 649. The number of esters is 1. The number of halogens is 3. The minimum Gasteiger partial charge on any atom is -0.508 e. The lowest BCUT2D eigenvalue weighted by Crippen LogP contribution is -2.13. The number of nitrogens with zero attached hydrogens (tertiary/aromatic N) is 2. The SMILES string of the molecule is COC(=O)c1nn(CCC(F)(F)F)c2cc(O)ccc12. The molecule has 20 heavy (non-hydrogen) atoms. The number of hydrogen-bond acceptors (Lipinski definition) is 4. The number of fused-ring (bicyclic) bond motifs is 1. The maximum atomic E-state index is 12.3. The zero-order valence-corrected chi connectivity index (χ0v) is 10.4. The Morgan fingerprint density at radius 3 is 2.75 bits per heavy atom. The molecule has 0 saturated carbocycles. The van der Waals surface area contributed by atoms with Gasteiger partial charge in [-0.15, -0.1) is 0 Å². The summed E-state index contributed by atoms with van der Waals surface area (Å²) in [5.41, 5.74) is 0.166. The van der Waals surface area contributed by atoms with Crippen molar-refractivity contribution in [3.63, 3.8) is 0 Å². The fourth-order valence-corrected chi connectivity index (χ4v) is 1.81. The number of carbonyl (C=O) groups excluding carboxylic acids is 1. The second-order valence-corrected chi connectivity index (χ2v) is 4.13. The topological polar surface area (TPSA) is 64.3 Å². The summed E-state index contributed by atoms with van der Waals surface area (Å²) in [6, 6.07) is 3.99. The Hall–Kier alpha value is -2.25. The number of carbonyl (C=O) groups is 1. The van der Waals surface area contributed by atoms with Crippen molar-refractivity contribution in [1.82, 2.24) is 9.78 Å². The second-order valence-electron chi connectivity index (χ2n) is 4.13. The van der Waals surface area contributed by atoms with Crippen molar-refractivity contribution in [3.05, 3.63) is 23.9 Å². The lowest BCUT2D eigenvalue weighted by atomic mass is 10.2. The summed E-state index contributed by atoms with van der Waals surface area (Å²) in [6.07, 6.45) is -5.42. The molecule has 1 aromatic carbocycles. The van der Waals surface area contributed by atoms with Crippen LogP contribution in [0.5, 0.6) is 5.75 Å². The first kappa shape index (κ1) is 14.2. The highest BCUT2D eigenvalue weighted by molar-refractivity contribution is 6.02. The van der Waals surface area contributed by atoms with Gasteiger partial charge in [-0.05, 0) is 12.1 Å². The number of methoxy groups -OCH3 is 1. The van der Waals surface area contributed by atoms with Crippen LogP contribution in [0.4, 0.5) is 13.2 Å². The van der Waals surface area contributed by atoms with E-state index in [2.05, 4.69) is 9.84 Å². The number of hydrogen-bond donors (Lipinski definition) is 1. The Morgan fingerprint density at radius 2 is 2.15 bits per heavy atom. The number of aromatic hydroxyl groups is 1. The van der Waals surface area contributed by atoms with Gasteiger partial charge in [-0.25, -0.2) is 4.79 Å². The quantitative estimate of drug-likeness (QED) is 0.881. The van der Waals surface area contributed by atoms with Crippen LogP contribution in [0.15, 0.2) is 18.2 Å². The van der Waals surface area contributed by atoms with E-state index in [1.807, 2.05) is 0 Å². The molecule has 1 heterocycles. The number of phenols is 1. The van der Waals surface area contributed by atoms with Gasteiger partial charge < -0.3 is 9.84 Å². The van der Waals surface area contributed by atoms with Crippen LogP contribution >= 0.6 is 0 Å². The molecule has 108 valence electrons. The third-order valence-electron chi connectivity index (χ3n) is 2.72. The molecule has 0 bridgehead atoms. The van der Waals surface area contributed by atoms with Crippen LogP contribution < -0.4 is 0 Å². The summed E-state index contributed by atoms with van der Waals surface area (Å²) in [5, 5.41) is 13.6. The normalized spacial score (nSPS) is 11.8. The van der Waals surface area contributed by atoms with E-state index < -0.39 is 25.1 Å². The second kappa shape index (κ2) is 5.03. The van der Waals surface area contributed by atoms with E-state index in [-0.39, 0.29) is 17.0 Å². The maximum Gasteiger partial charge on any atom is 0.390 e. The largest absolute Gasteiger partial charge is 0.508 e. The van der Waals surface area contributed by atoms with E-state index in [9.17, 15) is 23.1 Å². The van der Waals surface area contributed by atoms with E-state index in [1.54, 1.807) is 0 Å². The molecule has 0 radical (unpaired) electrons. The van der Waals surface area contributed by atoms with Gasteiger partial charge in [0.15, 0.2) is 5.69 Å². The molecule has 0 aliphatic heterocycles. The third kappa shape index (κ3) is 2.84. The third-order valence-corrected chi connectivity index (χ3v) is 2.72. The van der Waals surface area contributed by atoms with Crippen molar-refractivity contribution < 1.29 is 27.8 Å². The molecule has 5 nitrogen and oxygen atoms in total. The molecule has 2 aromatic rings.